The van der Waals surface area contributed by atoms with Gasteiger partial charge in [0, 0.05) is 7.05 Å². The second kappa shape index (κ2) is 4.87. The highest BCUT2D eigenvalue weighted by molar-refractivity contribution is 5.73. The number of aromatic amines is 1. The third-order valence-corrected chi connectivity index (χ3v) is 3.82. The number of aromatic nitrogens is 4. The quantitative estimate of drug-likeness (QED) is 0.765. The fraction of sp³-hybridized carbons (Fsp3) is 0.267. The largest absolute Gasteiger partial charge is 0.490 e. The third kappa shape index (κ3) is 2.02. The molecule has 0 atom stereocenters. The van der Waals surface area contributed by atoms with E-state index in [0.29, 0.717) is 30.0 Å². The number of hydrogen-bond donors (Lipinski definition) is 1. The molecule has 1 aliphatic rings. The fourth-order valence-electron chi connectivity index (χ4n) is 2.72. The van der Waals surface area contributed by atoms with Crippen LogP contribution in [0.15, 0.2) is 35.3 Å². The molecule has 22 heavy (non-hydrogen) atoms. The molecule has 0 saturated heterocycles. The Morgan fingerprint density at radius 2 is 2.23 bits per heavy atom. The van der Waals surface area contributed by atoms with E-state index in [2.05, 4.69) is 20.0 Å². The molecule has 0 fully saturated rings. The zero-order chi connectivity index (χ0) is 15.1. The highest BCUT2D eigenvalue weighted by atomic mass is 16.5. The summed E-state index contributed by atoms with van der Waals surface area (Å²) in [7, 11) is 1.78. The van der Waals surface area contributed by atoms with Crippen LogP contribution in [0.4, 0.5) is 5.69 Å². The Morgan fingerprint density at radius 1 is 1.36 bits per heavy atom. The van der Waals surface area contributed by atoms with Gasteiger partial charge in [0.15, 0.2) is 5.65 Å². The van der Waals surface area contributed by atoms with Crippen LogP contribution in [-0.2, 0) is 13.6 Å². The number of benzene rings is 1. The van der Waals surface area contributed by atoms with Gasteiger partial charge < -0.3 is 14.6 Å². The van der Waals surface area contributed by atoms with Crippen molar-refractivity contribution in [2.75, 3.05) is 18.1 Å². The maximum atomic E-state index is 12.1. The van der Waals surface area contributed by atoms with E-state index < -0.39 is 0 Å². The Bertz CT molecular complexity index is 898. The predicted molar refractivity (Wildman–Crippen MR) is 82.1 cm³/mol. The van der Waals surface area contributed by atoms with Crippen molar-refractivity contribution in [2.24, 2.45) is 7.05 Å². The maximum absolute atomic E-state index is 12.1. The predicted octanol–water partition coefficient (Wildman–Crippen LogP) is 1.06. The van der Waals surface area contributed by atoms with Crippen molar-refractivity contribution < 1.29 is 4.74 Å². The molecule has 4 rings (SSSR count). The zero-order valence-electron chi connectivity index (χ0n) is 12.1. The van der Waals surface area contributed by atoms with E-state index in [9.17, 15) is 4.79 Å². The lowest BCUT2D eigenvalue weighted by Gasteiger charge is -2.30. The maximum Gasteiger partial charge on any atom is 0.262 e. The van der Waals surface area contributed by atoms with Crippen LogP contribution >= 0.6 is 0 Å². The summed E-state index contributed by atoms with van der Waals surface area (Å²) in [5.41, 5.74) is 1.46. The van der Waals surface area contributed by atoms with Crippen LogP contribution in [0.5, 0.6) is 5.75 Å². The van der Waals surface area contributed by atoms with Crippen LogP contribution in [0.2, 0.25) is 0 Å². The third-order valence-electron chi connectivity index (χ3n) is 3.82. The summed E-state index contributed by atoms with van der Waals surface area (Å²) in [5, 5.41) is 4.59. The van der Waals surface area contributed by atoms with Crippen molar-refractivity contribution in [3.05, 3.63) is 46.6 Å². The first-order chi connectivity index (χ1) is 10.7. The van der Waals surface area contributed by atoms with E-state index in [1.165, 1.54) is 6.20 Å². The second-order valence-corrected chi connectivity index (χ2v) is 5.26. The van der Waals surface area contributed by atoms with Gasteiger partial charge in [0.2, 0.25) is 0 Å². The molecule has 7 nitrogen and oxygen atoms in total. The number of para-hydroxylation sites is 2. The minimum Gasteiger partial charge on any atom is -0.490 e. The summed E-state index contributed by atoms with van der Waals surface area (Å²) >= 11 is 0. The van der Waals surface area contributed by atoms with Gasteiger partial charge >= 0.3 is 0 Å². The average Bonchev–Trinajstić information content (AvgIpc) is 2.90. The summed E-state index contributed by atoms with van der Waals surface area (Å²) in [6.07, 6.45) is 1.54. The Balaban J connectivity index is 1.73. The molecule has 0 spiro atoms. The molecule has 3 aromatic rings. The Morgan fingerprint density at radius 3 is 3.14 bits per heavy atom. The van der Waals surface area contributed by atoms with Gasteiger partial charge in [-0.05, 0) is 12.1 Å². The van der Waals surface area contributed by atoms with Gasteiger partial charge in [-0.3, -0.25) is 9.48 Å². The van der Waals surface area contributed by atoms with Gasteiger partial charge in [0.05, 0.1) is 25.0 Å². The number of ether oxygens (including phenoxy) is 1. The lowest BCUT2D eigenvalue weighted by molar-refractivity contribution is 0.306. The SMILES string of the molecule is Cn1ncc2c(=O)[nH]c(CN3CCOc4ccccc43)nc21. The first kappa shape index (κ1) is 12.9. The molecular weight excluding hydrogens is 282 g/mol. The first-order valence-corrected chi connectivity index (χ1v) is 7.10. The number of rotatable bonds is 2. The van der Waals surface area contributed by atoms with Crippen LogP contribution in [0.3, 0.4) is 0 Å². The summed E-state index contributed by atoms with van der Waals surface area (Å²) in [5.74, 6) is 1.48. The van der Waals surface area contributed by atoms with Crippen molar-refractivity contribution in [3.8, 4) is 5.75 Å². The molecule has 2 aromatic heterocycles. The van der Waals surface area contributed by atoms with Gasteiger partial charge in [0.1, 0.15) is 23.6 Å². The van der Waals surface area contributed by atoms with E-state index in [0.717, 1.165) is 18.0 Å². The number of nitrogens with zero attached hydrogens (tertiary/aromatic N) is 4. The molecule has 0 aliphatic carbocycles. The number of H-pyrrole nitrogens is 1. The lowest BCUT2D eigenvalue weighted by atomic mass is 10.2. The smallest absolute Gasteiger partial charge is 0.262 e. The summed E-state index contributed by atoms with van der Waals surface area (Å²) < 4.78 is 7.26. The molecule has 1 aromatic carbocycles. The van der Waals surface area contributed by atoms with Crippen molar-refractivity contribution in [3.63, 3.8) is 0 Å². The number of hydrogen-bond acceptors (Lipinski definition) is 5. The van der Waals surface area contributed by atoms with Crippen LogP contribution in [0.1, 0.15) is 5.82 Å². The van der Waals surface area contributed by atoms with Crippen LogP contribution in [0, 0.1) is 0 Å². The second-order valence-electron chi connectivity index (χ2n) is 5.26. The molecule has 7 heteroatoms. The Kier molecular flexibility index (Phi) is 2.85. The van der Waals surface area contributed by atoms with Crippen molar-refractivity contribution in [1.82, 2.24) is 19.7 Å². The van der Waals surface area contributed by atoms with Crippen LogP contribution < -0.4 is 15.2 Å². The molecule has 0 bridgehead atoms. The van der Waals surface area contributed by atoms with E-state index in [-0.39, 0.29) is 5.56 Å². The topological polar surface area (TPSA) is 76.0 Å². The highest BCUT2D eigenvalue weighted by Crippen LogP contribution is 2.31. The Labute approximate surface area is 126 Å². The first-order valence-electron chi connectivity index (χ1n) is 7.10. The molecule has 0 unspecified atom stereocenters. The number of aryl methyl sites for hydroxylation is 1. The van der Waals surface area contributed by atoms with Gasteiger partial charge in [-0.2, -0.15) is 5.10 Å². The fourth-order valence-corrected chi connectivity index (χ4v) is 2.72. The number of fused-ring (bicyclic) bond motifs is 2. The monoisotopic (exact) mass is 297 g/mol. The number of anilines is 1. The molecule has 0 amide bonds. The Hall–Kier alpha value is -2.83. The van der Waals surface area contributed by atoms with Crippen molar-refractivity contribution >= 4 is 16.7 Å². The molecule has 0 saturated carbocycles. The van der Waals surface area contributed by atoms with Crippen LogP contribution in [-0.4, -0.2) is 32.9 Å². The van der Waals surface area contributed by atoms with Crippen LogP contribution in [0.25, 0.3) is 11.0 Å². The van der Waals surface area contributed by atoms with Crippen molar-refractivity contribution in [2.45, 2.75) is 6.54 Å². The molecule has 112 valence electrons. The molecular formula is C15H15N5O2. The minimum absolute atomic E-state index is 0.158. The minimum atomic E-state index is -0.158. The number of nitrogens with one attached hydrogen (secondary N) is 1. The van der Waals surface area contributed by atoms with E-state index in [1.54, 1.807) is 11.7 Å². The normalized spacial score (nSPS) is 14.0. The van der Waals surface area contributed by atoms with Crippen molar-refractivity contribution in [1.29, 1.82) is 0 Å². The van der Waals surface area contributed by atoms with E-state index in [1.807, 2.05) is 24.3 Å². The molecule has 0 radical (unpaired) electrons. The molecule has 3 heterocycles. The van der Waals surface area contributed by atoms with Gasteiger partial charge in [-0.25, -0.2) is 4.98 Å². The van der Waals surface area contributed by atoms with E-state index in [4.69, 9.17) is 4.74 Å². The average molecular weight is 297 g/mol. The summed E-state index contributed by atoms with van der Waals surface area (Å²) in [6.45, 7) is 1.90. The van der Waals surface area contributed by atoms with E-state index >= 15 is 0 Å². The molecule has 1 N–H and O–H groups in total. The highest BCUT2D eigenvalue weighted by Gasteiger charge is 2.19. The molecule has 1 aliphatic heterocycles. The lowest BCUT2D eigenvalue weighted by Crippen LogP contribution is -2.33. The van der Waals surface area contributed by atoms with Gasteiger partial charge in [-0.15, -0.1) is 0 Å². The standard InChI is InChI=1S/C15H15N5O2/c1-19-14-10(8-16-19)15(21)18-13(17-14)9-20-6-7-22-12-5-3-2-4-11(12)20/h2-5,8H,6-7,9H2,1H3,(H,17,18,21). The zero-order valence-corrected chi connectivity index (χ0v) is 12.1. The summed E-state index contributed by atoms with van der Waals surface area (Å²) in [4.78, 5) is 21.6. The van der Waals surface area contributed by atoms with Gasteiger partial charge in [0.25, 0.3) is 5.56 Å². The summed E-state index contributed by atoms with van der Waals surface area (Å²) in [6, 6.07) is 7.88. The van der Waals surface area contributed by atoms with Gasteiger partial charge in [-0.1, -0.05) is 12.1 Å².